The van der Waals surface area contributed by atoms with Crippen LogP contribution in [0.25, 0.3) is 33.9 Å². The summed E-state index contributed by atoms with van der Waals surface area (Å²) in [5.74, 6) is 1.84. The lowest BCUT2D eigenvalue weighted by atomic mass is 10.1. The molecule has 0 aliphatic carbocycles. The fourth-order valence-electron chi connectivity index (χ4n) is 4.00. The zero-order valence-electron chi connectivity index (χ0n) is 17.1. The molecule has 1 fully saturated rings. The van der Waals surface area contributed by atoms with Crippen molar-refractivity contribution in [2.45, 2.75) is 25.8 Å². The van der Waals surface area contributed by atoms with Crippen molar-refractivity contribution in [3.63, 3.8) is 0 Å². The van der Waals surface area contributed by atoms with Gasteiger partial charge in [0.1, 0.15) is 5.75 Å². The minimum absolute atomic E-state index is 0.486. The second-order valence-electron chi connectivity index (χ2n) is 7.70. The van der Waals surface area contributed by atoms with Crippen molar-refractivity contribution >= 4 is 11.0 Å². The van der Waals surface area contributed by atoms with E-state index in [9.17, 15) is 0 Å². The fourth-order valence-corrected chi connectivity index (χ4v) is 4.00. The lowest BCUT2D eigenvalue weighted by molar-refractivity contribution is 0.221. The highest BCUT2D eigenvalue weighted by Gasteiger charge is 2.14. The predicted molar refractivity (Wildman–Crippen MR) is 115 cm³/mol. The Kier molecular flexibility index (Phi) is 5.19. The van der Waals surface area contributed by atoms with E-state index in [1.807, 2.05) is 42.7 Å². The Morgan fingerprint density at radius 3 is 2.57 bits per heavy atom. The lowest BCUT2D eigenvalue weighted by Crippen LogP contribution is -2.32. The average Bonchev–Trinajstić information content (AvgIpc) is 3.45. The molecule has 0 atom stereocenters. The summed E-state index contributed by atoms with van der Waals surface area (Å²) in [6.45, 7) is 4.46. The van der Waals surface area contributed by atoms with Crippen LogP contribution in [0.4, 0.5) is 0 Å². The van der Waals surface area contributed by atoms with E-state index in [0.717, 1.165) is 41.0 Å². The van der Waals surface area contributed by atoms with Gasteiger partial charge in [-0.1, -0.05) is 11.6 Å². The topological polar surface area (TPSA) is 69.2 Å². The molecule has 7 heteroatoms. The van der Waals surface area contributed by atoms with Crippen molar-refractivity contribution in [3.05, 3.63) is 48.8 Å². The van der Waals surface area contributed by atoms with Crippen molar-refractivity contribution in [1.82, 2.24) is 24.6 Å². The van der Waals surface area contributed by atoms with E-state index in [4.69, 9.17) is 9.26 Å². The van der Waals surface area contributed by atoms with Gasteiger partial charge in [0.25, 0.3) is 5.89 Å². The summed E-state index contributed by atoms with van der Waals surface area (Å²) in [6, 6.07) is 13.7. The number of fused-ring (bicyclic) bond motifs is 1. The van der Waals surface area contributed by atoms with Crippen LogP contribution in [-0.2, 0) is 6.54 Å². The summed E-state index contributed by atoms with van der Waals surface area (Å²) in [6.07, 6.45) is 5.93. The molecule has 30 heavy (non-hydrogen) atoms. The fraction of sp³-hybridized carbons (Fsp3) is 0.348. The van der Waals surface area contributed by atoms with Crippen LogP contribution < -0.4 is 4.74 Å². The molecule has 0 radical (unpaired) electrons. The zero-order valence-corrected chi connectivity index (χ0v) is 17.1. The smallest absolute Gasteiger partial charge is 0.258 e. The number of imidazole rings is 1. The lowest BCUT2D eigenvalue weighted by Gasteiger charge is -2.26. The molecular formula is C23H25N5O2. The van der Waals surface area contributed by atoms with Crippen LogP contribution in [0.3, 0.4) is 0 Å². The molecule has 1 aliphatic rings. The number of nitrogens with zero attached hydrogens (tertiary/aromatic N) is 5. The van der Waals surface area contributed by atoms with Gasteiger partial charge in [-0.2, -0.15) is 4.98 Å². The Bertz CT molecular complexity index is 1130. The van der Waals surface area contributed by atoms with Crippen LogP contribution in [0.15, 0.2) is 53.3 Å². The van der Waals surface area contributed by atoms with Gasteiger partial charge in [0.15, 0.2) is 0 Å². The molecule has 2 aromatic heterocycles. The number of piperidine rings is 1. The third-order valence-electron chi connectivity index (χ3n) is 5.75. The van der Waals surface area contributed by atoms with Gasteiger partial charge in [-0.25, -0.2) is 4.98 Å². The molecule has 5 rings (SSSR count). The second kappa shape index (κ2) is 8.28. The van der Waals surface area contributed by atoms with Crippen LogP contribution in [0, 0.1) is 0 Å². The normalized spacial score (nSPS) is 15.0. The quantitative estimate of drug-likeness (QED) is 0.479. The maximum absolute atomic E-state index is 5.47. The first kappa shape index (κ1) is 18.8. The number of ether oxygens (including phenoxy) is 1. The van der Waals surface area contributed by atoms with Gasteiger partial charge in [-0.05, 0) is 68.4 Å². The molecule has 0 bridgehead atoms. The highest BCUT2D eigenvalue weighted by molar-refractivity contribution is 5.80. The van der Waals surface area contributed by atoms with Crippen molar-refractivity contribution in [3.8, 4) is 28.6 Å². The van der Waals surface area contributed by atoms with Gasteiger partial charge < -0.3 is 18.7 Å². The molecule has 0 amide bonds. The molecule has 1 aliphatic heterocycles. The standard InChI is InChI=1S/C23H25N5O2/c1-29-19-8-5-17(6-9-19)23-25-22(26-30-23)18-7-10-21-20(15-18)24-16-28(21)14-13-27-11-3-2-4-12-27/h5-10,15-16H,2-4,11-14H2,1H3. The Hall–Kier alpha value is -3.19. The number of benzene rings is 2. The Balaban J connectivity index is 1.33. The molecule has 1 saturated heterocycles. The van der Waals surface area contributed by atoms with E-state index in [1.165, 1.54) is 32.4 Å². The number of hydrogen-bond acceptors (Lipinski definition) is 6. The number of aromatic nitrogens is 4. The summed E-state index contributed by atoms with van der Waals surface area (Å²) in [7, 11) is 1.64. The molecule has 0 spiro atoms. The van der Waals surface area contributed by atoms with Gasteiger partial charge in [0, 0.05) is 24.2 Å². The van der Waals surface area contributed by atoms with E-state index in [0.29, 0.717) is 11.7 Å². The second-order valence-corrected chi connectivity index (χ2v) is 7.70. The van der Waals surface area contributed by atoms with Crippen LogP contribution in [0.2, 0.25) is 0 Å². The number of methoxy groups -OCH3 is 1. The van der Waals surface area contributed by atoms with Crippen LogP contribution in [0.5, 0.6) is 5.75 Å². The Labute approximate surface area is 175 Å². The van der Waals surface area contributed by atoms with E-state index < -0.39 is 0 Å². The van der Waals surface area contributed by atoms with E-state index in [2.05, 4.69) is 30.7 Å². The molecule has 0 saturated carbocycles. The van der Waals surface area contributed by atoms with E-state index in [1.54, 1.807) is 7.11 Å². The first-order chi connectivity index (χ1) is 14.8. The summed E-state index contributed by atoms with van der Waals surface area (Å²) >= 11 is 0. The van der Waals surface area contributed by atoms with Gasteiger partial charge in [0.05, 0.1) is 24.5 Å². The molecule has 0 unspecified atom stereocenters. The van der Waals surface area contributed by atoms with E-state index >= 15 is 0 Å². The molecule has 4 aromatic rings. The van der Waals surface area contributed by atoms with Crippen molar-refractivity contribution in [2.24, 2.45) is 0 Å². The van der Waals surface area contributed by atoms with Gasteiger partial charge >= 0.3 is 0 Å². The van der Waals surface area contributed by atoms with Gasteiger partial charge in [-0.15, -0.1) is 0 Å². The number of hydrogen-bond donors (Lipinski definition) is 0. The molecule has 2 aromatic carbocycles. The maximum atomic E-state index is 5.47. The minimum atomic E-state index is 0.486. The predicted octanol–water partition coefficient (Wildman–Crippen LogP) is 4.25. The Morgan fingerprint density at radius 1 is 0.967 bits per heavy atom. The maximum Gasteiger partial charge on any atom is 0.258 e. The molecule has 7 nitrogen and oxygen atoms in total. The molecular weight excluding hydrogens is 378 g/mol. The number of rotatable bonds is 6. The van der Waals surface area contributed by atoms with Crippen LogP contribution in [0.1, 0.15) is 19.3 Å². The SMILES string of the molecule is COc1ccc(-c2nc(-c3ccc4c(c3)ncn4CCN3CCCCC3)no2)cc1. The van der Waals surface area contributed by atoms with Crippen LogP contribution in [-0.4, -0.2) is 51.3 Å². The van der Waals surface area contributed by atoms with E-state index in [-0.39, 0.29) is 0 Å². The molecule has 154 valence electrons. The third kappa shape index (κ3) is 3.80. The van der Waals surface area contributed by atoms with Crippen molar-refractivity contribution in [2.75, 3.05) is 26.7 Å². The monoisotopic (exact) mass is 403 g/mol. The first-order valence-electron chi connectivity index (χ1n) is 10.5. The third-order valence-corrected chi connectivity index (χ3v) is 5.75. The summed E-state index contributed by atoms with van der Waals surface area (Å²) in [5, 5.41) is 4.16. The summed E-state index contributed by atoms with van der Waals surface area (Å²) in [5.41, 5.74) is 3.83. The highest BCUT2D eigenvalue weighted by Crippen LogP contribution is 2.26. The van der Waals surface area contributed by atoms with Crippen LogP contribution >= 0.6 is 0 Å². The Morgan fingerprint density at radius 2 is 1.77 bits per heavy atom. The molecule has 3 heterocycles. The zero-order chi connectivity index (χ0) is 20.3. The number of likely N-dealkylation sites (tertiary alicyclic amines) is 1. The van der Waals surface area contributed by atoms with Gasteiger partial charge in [-0.3, -0.25) is 0 Å². The van der Waals surface area contributed by atoms with Gasteiger partial charge in [0.2, 0.25) is 5.82 Å². The minimum Gasteiger partial charge on any atom is -0.497 e. The largest absolute Gasteiger partial charge is 0.497 e. The van der Waals surface area contributed by atoms with Crippen molar-refractivity contribution in [1.29, 1.82) is 0 Å². The summed E-state index contributed by atoms with van der Waals surface area (Å²) < 4.78 is 12.9. The average molecular weight is 403 g/mol. The molecule has 0 N–H and O–H groups in total. The van der Waals surface area contributed by atoms with Crippen molar-refractivity contribution < 1.29 is 9.26 Å². The first-order valence-corrected chi connectivity index (χ1v) is 10.5. The summed E-state index contributed by atoms with van der Waals surface area (Å²) in [4.78, 5) is 11.7. The highest BCUT2D eigenvalue weighted by atomic mass is 16.5.